The van der Waals surface area contributed by atoms with Crippen molar-refractivity contribution in [2.75, 3.05) is 0 Å². The molecular formula is C16H14O3. The number of hydrogen-bond donors (Lipinski definition) is 1. The van der Waals surface area contributed by atoms with E-state index in [1.807, 2.05) is 55.5 Å². The molecule has 0 saturated carbocycles. The lowest BCUT2D eigenvalue weighted by molar-refractivity contribution is -0.131. The maximum absolute atomic E-state index is 10.4. The van der Waals surface area contributed by atoms with Gasteiger partial charge < -0.3 is 9.84 Å². The molecule has 0 unspecified atom stereocenters. The quantitative estimate of drug-likeness (QED) is 0.842. The van der Waals surface area contributed by atoms with Crippen molar-refractivity contribution in [2.24, 2.45) is 0 Å². The lowest BCUT2D eigenvalue weighted by Gasteiger charge is -2.08. The first-order valence-electron chi connectivity index (χ1n) is 5.90. The predicted molar refractivity (Wildman–Crippen MR) is 74.4 cm³/mol. The molecule has 0 bridgehead atoms. The molecule has 0 fully saturated rings. The Balaban J connectivity index is 2.11. The summed E-state index contributed by atoms with van der Waals surface area (Å²) in [7, 11) is 0. The van der Waals surface area contributed by atoms with Gasteiger partial charge in [-0.3, -0.25) is 0 Å². The summed E-state index contributed by atoms with van der Waals surface area (Å²) in [5.41, 5.74) is 1.89. The minimum Gasteiger partial charge on any atom is -0.478 e. The Morgan fingerprint density at radius 1 is 1.11 bits per heavy atom. The van der Waals surface area contributed by atoms with Gasteiger partial charge in [-0.1, -0.05) is 30.3 Å². The molecule has 2 aromatic rings. The van der Waals surface area contributed by atoms with E-state index in [2.05, 4.69) is 0 Å². The third kappa shape index (κ3) is 3.71. The standard InChI is InChI=1S/C16H14O3/c1-12-4-2-3-5-15(12)19-14-9-6-13(7-10-14)8-11-16(17)18/h2-11H,1H3,(H,17,18)/b11-8+. The largest absolute Gasteiger partial charge is 0.478 e. The predicted octanol–water partition coefficient (Wildman–Crippen LogP) is 3.89. The first-order chi connectivity index (χ1) is 9.15. The van der Waals surface area contributed by atoms with Crippen LogP contribution in [0.4, 0.5) is 0 Å². The molecule has 0 amide bonds. The maximum Gasteiger partial charge on any atom is 0.328 e. The molecule has 96 valence electrons. The molecule has 0 aliphatic heterocycles. The van der Waals surface area contributed by atoms with Crippen LogP contribution >= 0.6 is 0 Å². The van der Waals surface area contributed by atoms with Crippen molar-refractivity contribution in [3.05, 3.63) is 65.7 Å². The molecule has 19 heavy (non-hydrogen) atoms. The molecule has 1 N–H and O–H groups in total. The second kappa shape index (κ2) is 5.87. The van der Waals surface area contributed by atoms with Crippen LogP contribution in [0.2, 0.25) is 0 Å². The van der Waals surface area contributed by atoms with Crippen molar-refractivity contribution in [3.8, 4) is 11.5 Å². The third-order valence-corrected chi connectivity index (χ3v) is 2.62. The minimum atomic E-state index is -0.958. The molecule has 0 heterocycles. The smallest absolute Gasteiger partial charge is 0.328 e. The van der Waals surface area contributed by atoms with E-state index in [0.29, 0.717) is 0 Å². The normalized spacial score (nSPS) is 10.6. The highest BCUT2D eigenvalue weighted by atomic mass is 16.5. The molecule has 0 spiro atoms. The van der Waals surface area contributed by atoms with Gasteiger partial charge in [0.1, 0.15) is 11.5 Å². The van der Waals surface area contributed by atoms with Crippen LogP contribution in [0.15, 0.2) is 54.6 Å². The Kier molecular flexibility index (Phi) is 3.98. The number of carbonyl (C=O) groups is 1. The number of para-hydroxylation sites is 1. The zero-order valence-corrected chi connectivity index (χ0v) is 10.5. The first-order valence-corrected chi connectivity index (χ1v) is 5.90. The van der Waals surface area contributed by atoms with Crippen molar-refractivity contribution in [1.29, 1.82) is 0 Å². The average Bonchev–Trinajstić information content (AvgIpc) is 2.40. The summed E-state index contributed by atoms with van der Waals surface area (Å²) in [5.74, 6) is 0.582. The minimum absolute atomic E-state index is 0.724. The van der Waals surface area contributed by atoms with Crippen molar-refractivity contribution in [2.45, 2.75) is 6.92 Å². The fourth-order valence-corrected chi connectivity index (χ4v) is 1.61. The first kappa shape index (κ1) is 12.9. The number of aliphatic carboxylic acids is 1. The van der Waals surface area contributed by atoms with Gasteiger partial charge in [0.25, 0.3) is 0 Å². The summed E-state index contributed by atoms with van der Waals surface area (Å²) in [5, 5.41) is 8.54. The lowest BCUT2D eigenvalue weighted by atomic mass is 10.2. The van der Waals surface area contributed by atoms with E-state index in [9.17, 15) is 4.79 Å². The second-order valence-corrected chi connectivity index (χ2v) is 4.11. The number of carboxylic acids is 1. The van der Waals surface area contributed by atoms with Gasteiger partial charge in [-0.15, -0.1) is 0 Å². The fraction of sp³-hybridized carbons (Fsp3) is 0.0625. The Labute approximate surface area is 111 Å². The van der Waals surface area contributed by atoms with Crippen LogP contribution in [0.5, 0.6) is 11.5 Å². The van der Waals surface area contributed by atoms with Crippen LogP contribution in [0.25, 0.3) is 6.08 Å². The van der Waals surface area contributed by atoms with Gasteiger partial charge in [-0.05, 0) is 42.3 Å². The van der Waals surface area contributed by atoms with Crippen molar-refractivity contribution >= 4 is 12.0 Å². The molecule has 0 aromatic heterocycles. The Morgan fingerprint density at radius 3 is 2.42 bits per heavy atom. The van der Waals surface area contributed by atoms with Crippen LogP contribution in [0, 0.1) is 6.92 Å². The summed E-state index contributed by atoms with van der Waals surface area (Å²) >= 11 is 0. The van der Waals surface area contributed by atoms with E-state index in [0.717, 1.165) is 28.7 Å². The van der Waals surface area contributed by atoms with E-state index in [-0.39, 0.29) is 0 Å². The van der Waals surface area contributed by atoms with E-state index in [1.165, 1.54) is 0 Å². The van der Waals surface area contributed by atoms with E-state index in [4.69, 9.17) is 9.84 Å². The van der Waals surface area contributed by atoms with E-state index in [1.54, 1.807) is 6.08 Å². The van der Waals surface area contributed by atoms with Gasteiger partial charge in [0.15, 0.2) is 0 Å². The third-order valence-electron chi connectivity index (χ3n) is 2.62. The van der Waals surface area contributed by atoms with Gasteiger partial charge >= 0.3 is 5.97 Å². The molecule has 3 heteroatoms. The van der Waals surface area contributed by atoms with Crippen molar-refractivity contribution in [3.63, 3.8) is 0 Å². The number of aryl methyl sites for hydroxylation is 1. The van der Waals surface area contributed by atoms with Crippen LogP contribution in [-0.4, -0.2) is 11.1 Å². The van der Waals surface area contributed by atoms with E-state index < -0.39 is 5.97 Å². The zero-order chi connectivity index (χ0) is 13.7. The number of ether oxygens (including phenoxy) is 1. The number of carboxylic acid groups (broad SMARTS) is 1. The van der Waals surface area contributed by atoms with Gasteiger partial charge in [0.2, 0.25) is 0 Å². The SMILES string of the molecule is Cc1ccccc1Oc1ccc(/C=C/C(=O)O)cc1. The van der Waals surface area contributed by atoms with Crippen LogP contribution in [0.1, 0.15) is 11.1 Å². The Bertz CT molecular complexity index is 598. The summed E-state index contributed by atoms with van der Waals surface area (Å²) in [6.45, 7) is 1.99. The van der Waals surface area contributed by atoms with Gasteiger partial charge in [-0.25, -0.2) is 4.79 Å². The van der Waals surface area contributed by atoms with Gasteiger partial charge in [0, 0.05) is 6.08 Å². The molecule has 0 atom stereocenters. The Hall–Kier alpha value is -2.55. The molecule has 0 aliphatic rings. The maximum atomic E-state index is 10.4. The lowest BCUT2D eigenvalue weighted by Crippen LogP contribution is -1.87. The fourth-order valence-electron chi connectivity index (χ4n) is 1.61. The molecular weight excluding hydrogens is 240 g/mol. The topological polar surface area (TPSA) is 46.5 Å². The molecule has 0 aliphatic carbocycles. The highest BCUT2D eigenvalue weighted by Gasteiger charge is 2.00. The van der Waals surface area contributed by atoms with Crippen molar-refractivity contribution < 1.29 is 14.6 Å². The van der Waals surface area contributed by atoms with Crippen LogP contribution < -0.4 is 4.74 Å². The highest BCUT2D eigenvalue weighted by Crippen LogP contribution is 2.24. The van der Waals surface area contributed by atoms with Crippen LogP contribution in [-0.2, 0) is 4.79 Å². The zero-order valence-electron chi connectivity index (χ0n) is 10.5. The summed E-state index contributed by atoms with van der Waals surface area (Å²) in [6, 6.07) is 15.0. The molecule has 0 saturated heterocycles. The molecule has 2 rings (SSSR count). The molecule has 3 nitrogen and oxygen atoms in total. The molecule has 0 radical (unpaired) electrons. The van der Waals surface area contributed by atoms with Crippen molar-refractivity contribution in [1.82, 2.24) is 0 Å². The van der Waals surface area contributed by atoms with Gasteiger partial charge in [-0.2, -0.15) is 0 Å². The number of benzene rings is 2. The van der Waals surface area contributed by atoms with Gasteiger partial charge in [0.05, 0.1) is 0 Å². The van der Waals surface area contributed by atoms with Crippen LogP contribution in [0.3, 0.4) is 0 Å². The summed E-state index contributed by atoms with van der Waals surface area (Å²) < 4.78 is 5.75. The number of rotatable bonds is 4. The molecule has 2 aromatic carbocycles. The summed E-state index contributed by atoms with van der Waals surface area (Å²) in [6.07, 6.45) is 2.65. The number of hydrogen-bond acceptors (Lipinski definition) is 2. The second-order valence-electron chi connectivity index (χ2n) is 4.11. The highest BCUT2D eigenvalue weighted by molar-refractivity contribution is 5.85. The monoisotopic (exact) mass is 254 g/mol. The van der Waals surface area contributed by atoms with E-state index >= 15 is 0 Å². The average molecular weight is 254 g/mol. The summed E-state index contributed by atoms with van der Waals surface area (Å²) in [4.78, 5) is 10.4. The Morgan fingerprint density at radius 2 is 1.79 bits per heavy atom.